The van der Waals surface area contributed by atoms with Crippen LogP contribution in [0.5, 0.6) is 11.5 Å². The number of rotatable bonds is 11. The summed E-state index contributed by atoms with van der Waals surface area (Å²) in [5.74, 6) is -0.659. The molecule has 5 aromatic rings. The van der Waals surface area contributed by atoms with Crippen LogP contribution in [-0.4, -0.2) is 48.3 Å². The van der Waals surface area contributed by atoms with E-state index in [1.54, 1.807) is 0 Å². The van der Waals surface area contributed by atoms with Gasteiger partial charge in [-0.05, 0) is 64.7 Å². The van der Waals surface area contributed by atoms with Gasteiger partial charge in [0.05, 0.1) is 0 Å². The zero-order valence-corrected chi connectivity index (χ0v) is 22.6. The van der Waals surface area contributed by atoms with Gasteiger partial charge in [0.2, 0.25) is 0 Å². The zero-order chi connectivity index (χ0) is 27.9. The van der Waals surface area contributed by atoms with Crippen molar-refractivity contribution in [2.45, 2.75) is 24.9 Å². The minimum absolute atomic E-state index is 0.132. The number of hydrogen-bond donors (Lipinski definition) is 5. The summed E-state index contributed by atoms with van der Waals surface area (Å²) in [6.45, 7) is 1.30. The van der Waals surface area contributed by atoms with Crippen molar-refractivity contribution in [3.8, 4) is 11.5 Å². The van der Waals surface area contributed by atoms with Crippen molar-refractivity contribution in [1.82, 2.24) is 16.0 Å². The van der Waals surface area contributed by atoms with E-state index in [-0.39, 0.29) is 35.1 Å². The third kappa shape index (κ3) is 6.60. The molecule has 1 amide bonds. The topological polar surface area (TPSA) is 93.6 Å². The highest BCUT2D eigenvalue weighted by atomic mass is 16.3. The summed E-state index contributed by atoms with van der Waals surface area (Å²) in [5, 5.41) is 34.8. The molecular formula is C34H35N3O3. The van der Waals surface area contributed by atoms with Crippen LogP contribution in [0.1, 0.15) is 21.5 Å². The van der Waals surface area contributed by atoms with E-state index in [0.29, 0.717) is 13.0 Å². The van der Waals surface area contributed by atoms with Crippen LogP contribution >= 0.6 is 0 Å². The van der Waals surface area contributed by atoms with Gasteiger partial charge in [0.15, 0.2) is 0 Å². The molecule has 6 nitrogen and oxygen atoms in total. The highest BCUT2D eigenvalue weighted by Gasteiger charge is 2.19. The summed E-state index contributed by atoms with van der Waals surface area (Å²) in [5.41, 5.74) is 2.63. The molecule has 5 N–H and O–H groups in total. The molecule has 0 spiro atoms. The van der Waals surface area contributed by atoms with Gasteiger partial charge in [-0.25, -0.2) is 0 Å². The summed E-state index contributed by atoms with van der Waals surface area (Å²) < 4.78 is 0. The summed E-state index contributed by atoms with van der Waals surface area (Å²) in [4.78, 5) is 13.2. The maximum absolute atomic E-state index is 13.2. The summed E-state index contributed by atoms with van der Waals surface area (Å²) >= 11 is 0. The number of nitrogens with one attached hydrogen (secondary N) is 3. The highest BCUT2D eigenvalue weighted by Crippen LogP contribution is 2.23. The number of fused-ring (bicyclic) bond motifs is 2. The lowest BCUT2D eigenvalue weighted by Crippen LogP contribution is -2.48. The fraction of sp³-hybridized carbons (Fsp3) is 0.206. The minimum atomic E-state index is -0.350. The van der Waals surface area contributed by atoms with Crippen molar-refractivity contribution in [2.75, 3.05) is 20.1 Å². The second-order valence-corrected chi connectivity index (χ2v) is 10.3. The van der Waals surface area contributed by atoms with Crippen LogP contribution in [0.4, 0.5) is 0 Å². The third-order valence-corrected chi connectivity index (χ3v) is 7.30. The maximum atomic E-state index is 13.2. The summed E-state index contributed by atoms with van der Waals surface area (Å²) in [6, 6.07) is 33.1. The van der Waals surface area contributed by atoms with Crippen LogP contribution in [0.2, 0.25) is 0 Å². The van der Waals surface area contributed by atoms with Gasteiger partial charge in [0.25, 0.3) is 5.91 Å². The fourth-order valence-electron chi connectivity index (χ4n) is 5.41. The van der Waals surface area contributed by atoms with Crippen LogP contribution in [-0.2, 0) is 12.8 Å². The van der Waals surface area contributed by atoms with Crippen LogP contribution in [0.3, 0.4) is 0 Å². The lowest BCUT2D eigenvalue weighted by Gasteiger charge is -2.25. The number of carbonyl (C=O) groups is 1. The van der Waals surface area contributed by atoms with Crippen molar-refractivity contribution in [3.63, 3.8) is 0 Å². The maximum Gasteiger partial charge on any atom is 0.251 e. The van der Waals surface area contributed by atoms with Crippen molar-refractivity contribution < 1.29 is 15.0 Å². The molecule has 5 rings (SSSR count). The molecule has 0 aromatic heterocycles. The molecule has 40 heavy (non-hydrogen) atoms. The number of likely N-dealkylation sites (N-methyl/N-ethyl adjacent to an activating group) is 1. The number of phenolic OH excluding ortho intramolecular Hbond substituents is 2. The fourth-order valence-corrected chi connectivity index (χ4v) is 5.41. The molecule has 5 aromatic carbocycles. The quantitative estimate of drug-likeness (QED) is 0.162. The molecule has 0 radical (unpaired) electrons. The van der Waals surface area contributed by atoms with Crippen molar-refractivity contribution in [2.24, 2.45) is 0 Å². The lowest BCUT2D eigenvalue weighted by atomic mass is 9.97. The first-order chi connectivity index (χ1) is 19.5. The molecule has 6 heteroatoms. The Morgan fingerprint density at radius 1 is 0.675 bits per heavy atom. The third-order valence-electron chi connectivity index (χ3n) is 7.30. The molecule has 0 saturated heterocycles. The molecule has 0 saturated carbocycles. The number of benzene rings is 5. The van der Waals surface area contributed by atoms with Gasteiger partial charge in [0, 0.05) is 36.8 Å². The molecule has 0 aliphatic heterocycles. The van der Waals surface area contributed by atoms with E-state index in [0.717, 1.165) is 29.3 Å². The predicted octanol–water partition coefficient (Wildman–Crippen LogP) is 5.17. The zero-order valence-electron chi connectivity index (χ0n) is 22.6. The lowest BCUT2D eigenvalue weighted by molar-refractivity contribution is 0.0935. The Hall–Kier alpha value is -4.39. The van der Waals surface area contributed by atoms with Gasteiger partial charge in [-0.3, -0.25) is 4.79 Å². The number of hydrogen-bond acceptors (Lipinski definition) is 5. The Labute approximate surface area is 234 Å². The SMILES string of the molecule is CNC[C@@H](Cc1cccc2ccccc12)NC[C@H](Cc1cccc2ccccc12)NC(=O)c1cc(O)cc(O)c1. The van der Waals surface area contributed by atoms with Crippen LogP contribution < -0.4 is 16.0 Å². The molecular weight excluding hydrogens is 498 g/mol. The van der Waals surface area contributed by atoms with Gasteiger partial charge in [0.1, 0.15) is 11.5 Å². The van der Waals surface area contributed by atoms with E-state index in [2.05, 4.69) is 82.7 Å². The number of carbonyl (C=O) groups excluding carboxylic acids is 1. The molecule has 0 aliphatic rings. The number of amides is 1. The molecule has 0 bridgehead atoms. The average Bonchev–Trinajstić information content (AvgIpc) is 2.95. The highest BCUT2D eigenvalue weighted by molar-refractivity contribution is 5.95. The first kappa shape index (κ1) is 27.2. The van der Waals surface area contributed by atoms with Crippen molar-refractivity contribution in [3.05, 3.63) is 120 Å². The molecule has 0 aliphatic carbocycles. The second kappa shape index (κ2) is 12.6. The van der Waals surface area contributed by atoms with Crippen LogP contribution in [0.15, 0.2) is 103 Å². The van der Waals surface area contributed by atoms with Crippen LogP contribution in [0, 0.1) is 0 Å². The Balaban J connectivity index is 1.38. The molecule has 0 unspecified atom stereocenters. The number of phenols is 2. The van der Waals surface area contributed by atoms with Gasteiger partial charge in [-0.1, -0.05) is 84.9 Å². The average molecular weight is 534 g/mol. The monoisotopic (exact) mass is 533 g/mol. The van der Waals surface area contributed by atoms with Crippen molar-refractivity contribution >= 4 is 27.5 Å². The van der Waals surface area contributed by atoms with Gasteiger partial charge >= 0.3 is 0 Å². The number of aromatic hydroxyl groups is 2. The second-order valence-electron chi connectivity index (χ2n) is 10.3. The minimum Gasteiger partial charge on any atom is -0.508 e. The molecule has 0 heterocycles. The largest absolute Gasteiger partial charge is 0.508 e. The molecule has 204 valence electrons. The van der Waals surface area contributed by atoms with Crippen LogP contribution in [0.25, 0.3) is 21.5 Å². The Kier molecular flexibility index (Phi) is 8.59. The first-order valence-corrected chi connectivity index (χ1v) is 13.7. The molecule has 2 atom stereocenters. The van der Waals surface area contributed by atoms with E-state index in [4.69, 9.17) is 0 Å². The molecule has 0 fully saturated rings. The van der Waals surface area contributed by atoms with Gasteiger partial charge < -0.3 is 26.2 Å². The first-order valence-electron chi connectivity index (χ1n) is 13.7. The van der Waals surface area contributed by atoms with Gasteiger partial charge in [-0.15, -0.1) is 0 Å². The van der Waals surface area contributed by atoms with E-state index in [1.807, 2.05) is 25.2 Å². The standard InChI is InChI=1S/C34H35N3O3/c1-35-21-28(16-25-12-6-10-23-8-2-4-14-32(23)25)36-22-29(37-34(40)27-18-30(38)20-31(39)19-27)17-26-13-7-11-24-9-3-5-15-33(24)26/h2-15,18-20,28-29,35-36,38-39H,16-17,21-22H2,1H3,(H,37,40)/t28-,29+/m1/s1. The normalized spacial score (nSPS) is 12.8. The summed E-state index contributed by atoms with van der Waals surface area (Å²) in [6.07, 6.45) is 1.45. The Morgan fingerprint density at radius 2 is 1.20 bits per heavy atom. The Bertz CT molecular complexity index is 1590. The Morgan fingerprint density at radius 3 is 1.77 bits per heavy atom. The predicted molar refractivity (Wildman–Crippen MR) is 162 cm³/mol. The summed E-state index contributed by atoms with van der Waals surface area (Å²) in [7, 11) is 1.95. The smallest absolute Gasteiger partial charge is 0.251 e. The van der Waals surface area contributed by atoms with Gasteiger partial charge in [-0.2, -0.15) is 0 Å². The van der Waals surface area contributed by atoms with E-state index < -0.39 is 0 Å². The van der Waals surface area contributed by atoms with Crippen molar-refractivity contribution in [1.29, 1.82) is 0 Å². The van der Waals surface area contributed by atoms with E-state index in [9.17, 15) is 15.0 Å². The van der Waals surface area contributed by atoms with E-state index >= 15 is 0 Å². The van der Waals surface area contributed by atoms with E-state index in [1.165, 1.54) is 34.5 Å².